The number of alkyl halides is 2. The van der Waals surface area contributed by atoms with Crippen molar-refractivity contribution < 1.29 is 8.78 Å². The first-order valence-electron chi connectivity index (χ1n) is 2.49. The first-order chi connectivity index (χ1) is 3.91. The van der Waals surface area contributed by atoms with E-state index in [9.17, 15) is 8.78 Å². The minimum atomic E-state index is -0.238. The van der Waals surface area contributed by atoms with Crippen LogP contribution in [0.3, 0.4) is 0 Å². The van der Waals surface area contributed by atoms with Crippen molar-refractivity contribution in [3.05, 3.63) is 0 Å². The van der Waals surface area contributed by atoms with E-state index in [2.05, 4.69) is 0 Å². The summed E-state index contributed by atoms with van der Waals surface area (Å²) in [5.74, 6) is 0. The number of hydrogen-bond acceptors (Lipinski definition) is 0. The molecule has 2 atom stereocenters. The number of rotatable bonds is 5. The van der Waals surface area contributed by atoms with Crippen LogP contribution in [0.5, 0.6) is 0 Å². The maximum absolute atomic E-state index is 11.3. The molecule has 8 heavy (non-hydrogen) atoms. The van der Waals surface area contributed by atoms with Gasteiger partial charge in [-0.3, -0.25) is 8.78 Å². The van der Waals surface area contributed by atoms with Crippen LogP contribution in [0.1, 0.15) is 0 Å². The van der Waals surface area contributed by atoms with Crippen molar-refractivity contribution in [2.24, 2.45) is 0 Å². The molecular weight excluding hydrogens is 148 g/mol. The molecule has 0 saturated carbocycles. The highest BCUT2D eigenvalue weighted by atomic mass is 32.0. The highest BCUT2D eigenvalue weighted by Gasteiger charge is 1.85. The molecule has 0 N–H and O–H groups in total. The predicted octanol–water partition coefficient (Wildman–Crippen LogP) is 2.20. The maximum Gasteiger partial charge on any atom is 0.0934 e. The summed E-state index contributed by atoms with van der Waals surface area (Å²) >= 11 is 0. The summed E-state index contributed by atoms with van der Waals surface area (Å²) in [6.07, 6.45) is 1.27. The zero-order valence-electron chi connectivity index (χ0n) is 4.58. The van der Waals surface area contributed by atoms with Crippen LogP contribution in [-0.4, -0.2) is 25.7 Å². The second-order valence-electron chi connectivity index (χ2n) is 1.23. The van der Waals surface area contributed by atoms with E-state index >= 15 is 0 Å². The van der Waals surface area contributed by atoms with Crippen LogP contribution in [0.4, 0.5) is 8.78 Å². The van der Waals surface area contributed by atoms with Crippen LogP contribution in [-0.2, 0) is 0 Å². The van der Waals surface area contributed by atoms with Gasteiger partial charge in [-0.1, -0.05) is 16.5 Å². The van der Waals surface area contributed by atoms with Gasteiger partial charge in [0.1, 0.15) is 0 Å². The Morgan fingerprint density at radius 1 is 0.875 bits per heavy atom. The lowest BCUT2D eigenvalue weighted by molar-refractivity contribution is 0.531. The Bertz CT molecular complexity index is 37.0. The molecule has 0 aliphatic heterocycles. The van der Waals surface area contributed by atoms with Crippen LogP contribution in [0.25, 0.3) is 0 Å². The van der Waals surface area contributed by atoms with E-state index in [0.29, 0.717) is 28.9 Å². The van der Waals surface area contributed by atoms with Crippen molar-refractivity contribution >= 4 is 16.5 Å². The Morgan fingerprint density at radius 2 is 1.25 bits per heavy atom. The third kappa shape index (κ3) is 6.72. The van der Waals surface area contributed by atoms with Crippen molar-refractivity contribution in [3.63, 3.8) is 0 Å². The third-order valence-electron chi connectivity index (χ3n) is 0.564. The van der Waals surface area contributed by atoms with Gasteiger partial charge in [-0.2, -0.15) is 0 Å². The van der Waals surface area contributed by atoms with Gasteiger partial charge in [0.15, 0.2) is 0 Å². The van der Waals surface area contributed by atoms with E-state index in [1.165, 1.54) is 0 Å². The van der Waals surface area contributed by atoms with Crippen LogP contribution in [0.15, 0.2) is 0 Å². The van der Waals surface area contributed by atoms with E-state index in [-0.39, 0.29) is 13.3 Å². The lowest BCUT2D eigenvalue weighted by Gasteiger charge is -1.92. The molecule has 0 bridgehead atoms. The monoisotopic (exact) mass is 158 g/mol. The smallest absolute Gasteiger partial charge is 0.0934 e. The SMILES string of the molecule is FCCPPCCF. The molecule has 0 aromatic heterocycles. The summed E-state index contributed by atoms with van der Waals surface area (Å²) in [7, 11) is 1.30. The zero-order chi connectivity index (χ0) is 6.24. The summed E-state index contributed by atoms with van der Waals surface area (Å²) in [6.45, 7) is -0.477. The molecule has 0 spiro atoms. The summed E-state index contributed by atoms with van der Waals surface area (Å²) in [6, 6.07) is 0. The van der Waals surface area contributed by atoms with Gasteiger partial charge in [0.2, 0.25) is 0 Å². The maximum atomic E-state index is 11.3. The average Bonchev–Trinajstić information content (AvgIpc) is 1.81. The van der Waals surface area contributed by atoms with Gasteiger partial charge in [-0.15, -0.1) is 0 Å². The molecule has 0 aliphatic carbocycles. The first kappa shape index (κ1) is 8.72. The van der Waals surface area contributed by atoms with Crippen molar-refractivity contribution in [1.29, 1.82) is 0 Å². The average molecular weight is 158 g/mol. The molecule has 0 heterocycles. The van der Waals surface area contributed by atoms with Gasteiger partial charge in [0.25, 0.3) is 0 Å². The molecular formula is C4H10F2P2. The molecule has 4 heteroatoms. The van der Waals surface area contributed by atoms with Gasteiger partial charge < -0.3 is 0 Å². The molecule has 0 rings (SSSR count). The molecule has 0 aromatic rings. The standard InChI is InChI=1S/C4H10F2P2/c5-1-3-7-8-4-2-6/h7-8H,1-4H2. The quantitative estimate of drug-likeness (QED) is 0.425. The summed E-state index contributed by atoms with van der Waals surface area (Å²) < 4.78 is 22.7. The highest BCUT2D eigenvalue weighted by molar-refractivity contribution is 8.11. The third-order valence-corrected chi connectivity index (χ3v) is 3.94. The Kier molecular flexibility index (Phi) is 8.41. The van der Waals surface area contributed by atoms with Gasteiger partial charge in [0, 0.05) is 0 Å². The molecule has 0 fully saturated rings. The van der Waals surface area contributed by atoms with E-state index in [4.69, 9.17) is 0 Å². The fourth-order valence-corrected chi connectivity index (χ4v) is 2.44. The Balaban J connectivity index is 2.53. The minimum absolute atomic E-state index is 0.238. The minimum Gasteiger partial charge on any atom is -0.251 e. The molecule has 0 saturated heterocycles. The zero-order valence-corrected chi connectivity index (χ0v) is 6.58. The van der Waals surface area contributed by atoms with E-state index < -0.39 is 0 Å². The summed E-state index contributed by atoms with van der Waals surface area (Å²) in [5, 5.41) is 0. The fourth-order valence-electron chi connectivity index (χ4n) is 0.271. The predicted molar refractivity (Wildman–Crippen MR) is 38.3 cm³/mol. The first-order valence-corrected chi connectivity index (χ1v) is 5.91. The van der Waals surface area contributed by atoms with Crippen molar-refractivity contribution in [2.45, 2.75) is 0 Å². The van der Waals surface area contributed by atoms with Crippen LogP contribution in [0, 0.1) is 0 Å². The van der Waals surface area contributed by atoms with Crippen LogP contribution in [0.2, 0.25) is 0 Å². The molecule has 2 unspecified atom stereocenters. The number of halogens is 2. The van der Waals surface area contributed by atoms with E-state index in [1.807, 2.05) is 0 Å². The largest absolute Gasteiger partial charge is 0.251 e. The van der Waals surface area contributed by atoms with Crippen LogP contribution >= 0.6 is 16.5 Å². The van der Waals surface area contributed by atoms with Crippen molar-refractivity contribution in [2.75, 3.05) is 25.7 Å². The van der Waals surface area contributed by atoms with E-state index in [0.717, 1.165) is 0 Å². The Hall–Kier alpha value is 0.720. The van der Waals surface area contributed by atoms with Gasteiger partial charge in [-0.05, 0) is 12.3 Å². The van der Waals surface area contributed by atoms with Crippen LogP contribution < -0.4 is 0 Å². The second kappa shape index (κ2) is 7.72. The summed E-state index contributed by atoms with van der Waals surface area (Å²) in [5.41, 5.74) is 0. The number of hydrogen-bond donors (Lipinski definition) is 0. The van der Waals surface area contributed by atoms with E-state index in [1.54, 1.807) is 0 Å². The lowest BCUT2D eigenvalue weighted by Crippen LogP contribution is -1.75. The van der Waals surface area contributed by atoms with Gasteiger partial charge in [0.05, 0.1) is 13.3 Å². The summed E-state index contributed by atoms with van der Waals surface area (Å²) in [4.78, 5) is 0. The fraction of sp³-hybridized carbons (Fsp3) is 1.00. The highest BCUT2D eigenvalue weighted by Crippen LogP contribution is 2.35. The molecule has 0 amide bonds. The van der Waals surface area contributed by atoms with Gasteiger partial charge >= 0.3 is 0 Å². The van der Waals surface area contributed by atoms with Gasteiger partial charge in [-0.25, -0.2) is 0 Å². The Morgan fingerprint density at radius 3 is 1.50 bits per heavy atom. The lowest BCUT2D eigenvalue weighted by atomic mass is 10.9. The topological polar surface area (TPSA) is 0 Å². The normalized spacial score (nSPS) is 12.8. The molecule has 50 valence electrons. The Labute approximate surface area is 51.9 Å². The molecule has 0 radical (unpaired) electrons. The van der Waals surface area contributed by atoms with Crippen molar-refractivity contribution in [3.8, 4) is 0 Å². The second-order valence-corrected chi connectivity index (χ2v) is 5.06. The molecule has 0 aliphatic rings. The van der Waals surface area contributed by atoms with Crippen molar-refractivity contribution in [1.82, 2.24) is 0 Å². The molecule has 0 nitrogen and oxygen atoms in total. The molecule has 0 aromatic carbocycles.